The first-order valence-corrected chi connectivity index (χ1v) is 11.4. The van der Waals surface area contributed by atoms with Crippen LogP contribution in [0.1, 0.15) is 10.4 Å². The fourth-order valence-electron chi connectivity index (χ4n) is 2.95. The largest absolute Gasteiger partial charge is 0.497 e. The van der Waals surface area contributed by atoms with Crippen molar-refractivity contribution in [2.75, 3.05) is 24.3 Å². The molecule has 0 atom stereocenters. The average molecular weight is 481 g/mol. The van der Waals surface area contributed by atoms with Crippen LogP contribution in [0.5, 0.6) is 11.5 Å². The summed E-state index contributed by atoms with van der Waals surface area (Å²) in [6.07, 6.45) is 0. The molecule has 0 fully saturated rings. The van der Waals surface area contributed by atoms with Crippen molar-refractivity contribution in [2.24, 2.45) is 0 Å². The highest BCUT2D eigenvalue weighted by Crippen LogP contribution is 2.23. The third kappa shape index (κ3) is 5.15. The summed E-state index contributed by atoms with van der Waals surface area (Å²) >= 11 is 0. The smallest absolute Gasteiger partial charge is 0.322 e. The molecule has 0 saturated carbocycles. The number of anilines is 2. The predicted molar refractivity (Wildman–Crippen MR) is 124 cm³/mol. The Balaban J connectivity index is 1.40. The van der Waals surface area contributed by atoms with Gasteiger partial charge >= 0.3 is 6.01 Å². The zero-order valence-corrected chi connectivity index (χ0v) is 19.0. The second-order valence-corrected chi connectivity index (χ2v) is 8.64. The van der Waals surface area contributed by atoms with E-state index in [2.05, 4.69) is 20.2 Å². The van der Waals surface area contributed by atoms with Crippen molar-refractivity contribution < 1.29 is 27.1 Å². The topological polar surface area (TPSA) is 133 Å². The molecular weight excluding hydrogens is 460 g/mol. The summed E-state index contributed by atoms with van der Waals surface area (Å²) in [5.74, 6) is 0.981. The number of nitrogens with zero attached hydrogens (tertiary/aromatic N) is 2. The van der Waals surface area contributed by atoms with E-state index < -0.39 is 15.9 Å². The molecule has 0 saturated heterocycles. The lowest BCUT2D eigenvalue weighted by atomic mass is 10.2. The zero-order valence-electron chi connectivity index (χ0n) is 18.2. The molecule has 1 aromatic heterocycles. The Morgan fingerprint density at radius 1 is 0.824 bits per heavy atom. The summed E-state index contributed by atoms with van der Waals surface area (Å²) in [5.41, 5.74) is 1.24. The molecule has 0 spiro atoms. The molecule has 1 amide bonds. The van der Waals surface area contributed by atoms with Crippen molar-refractivity contribution in [3.63, 3.8) is 0 Å². The summed E-state index contributed by atoms with van der Waals surface area (Å²) in [5, 5.41) is 10.3. The quantitative estimate of drug-likeness (QED) is 0.389. The fourth-order valence-corrected chi connectivity index (χ4v) is 4.01. The summed E-state index contributed by atoms with van der Waals surface area (Å²) in [4.78, 5) is 12.6. The van der Waals surface area contributed by atoms with Gasteiger partial charge in [0, 0.05) is 16.8 Å². The Kier molecular flexibility index (Phi) is 6.46. The number of nitrogens with one attached hydrogen (secondary N) is 2. The first-order chi connectivity index (χ1) is 16.4. The van der Waals surface area contributed by atoms with E-state index in [1.165, 1.54) is 43.5 Å². The number of sulfonamides is 1. The zero-order chi connectivity index (χ0) is 24.1. The van der Waals surface area contributed by atoms with Gasteiger partial charge in [0.25, 0.3) is 15.9 Å². The number of amides is 1. The van der Waals surface area contributed by atoms with Crippen LogP contribution < -0.4 is 19.5 Å². The van der Waals surface area contributed by atoms with Crippen molar-refractivity contribution in [1.29, 1.82) is 0 Å². The van der Waals surface area contributed by atoms with E-state index in [1.54, 1.807) is 43.5 Å². The first-order valence-electron chi connectivity index (χ1n) is 9.94. The van der Waals surface area contributed by atoms with Crippen LogP contribution in [0.25, 0.3) is 11.5 Å². The third-order valence-corrected chi connectivity index (χ3v) is 6.15. The van der Waals surface area contributed by atoms with Crippen molar-refractivity contribution in [1.82, 2.24) is 10.2 Å². The summed E-state index contributed by atoms with van der Waals surface area (Å²) in [6.45, 7) is 0. The number of hydrogen-bond donors (Lipinski definition) is 2. The fraction of sp³-hybridized carbons (Fsp3) is 0.0870. The highest BCUT2D eigenvalue weighted by molar-refractivity contribution is 7.92. The van der Waals surface area contributed by atoms with E-state index >= 15 is 0 Å². The molecule has 34 heavy (non-hydrogen) atoms. The molecule has 1 heterocycles. The second kappa shape index (κ2) is 9.63. The van der Waals surface area contributed by atoms with Gasteiger partial charge in [-0.3, -0.25) is 14.8 Å². The Labute approximate surface area is 195 Å². The van der Waals surface area contributed by atoms with E-state index in [1.807, 2.05) is 0 Å². The molecule has 0 aliphatic carbocycles. The van der Waals surface area contributed by atoms with E-state index in [0.29, 0.717) is 22.7 Å². The SMILES string of the molecule is COc1ccc(-c2nnc(NC(=O)c3ccc(NS(=O)(=O)c4ccc(OC)cc4)cc3)o2)cc1. The highest BCUT2D eigenvalue weighted by Gasteiger charge is 2.16. The van der Waals surface area contributed by atoms with Crippen molar-refractivity contribution in [2.45, 2.75) is 4.90 Å². The van der Waals surface area contributed by atoms with Gasteiger partial charge < -0.3 is 13.9 Å². The molecule has 11 heteroatoms. The molecule has 4 aromatic rings. The Morgan fingerprint density at radius 3 is 2.00 bits per heavy atom. The second-order valence-electron chi connectivity index (χ2n) is 6.95. The van der Waals surface area contributed by atoms with Crippen LogP contribution in [-0.4, -0.2) is 38.7 Å². The molecule has 0 unspecified atom stereocenters. The van der Waals surface area contributed by atoms with Crippen molar-refractivity contribution >= 4 is 27.6 Å². The summed E-state index contributed by atoms with van der Waals surface area (Å²) in [6, 6.07) is 18.8. The number of carbonyl (C=O) groups excluding carboxylic acids is 1. The van der Waals surface area contributed by atoms with Gasteiger partial charge in [-0.05, 0) is 72.8 Å². The lowest BCUT2D eigenvalue weighted by Gasteiger charge is -2.09. The van der Waals surface area contributed by atoms with Gasteiger partial charge in [0.2, 0.25) is 5.89 Å². The third-order valence-electron chi connectivity index (χ3n) is 4.75. The highest BCUT2D eigenvalue weighted by atomic mass is 32.2. The summed E-state index contributed by atoms with van der Waals surface area (Å²) in [7, 11) is -0.730. The Morgan fingerprint density at radius 2 is 1.41 bits per heavy atom. The summed E-state index contributed by atoms with van der Waals surface area (Å²) < 4.78 is 43.2. The molecule has 4 rings (SSSR count). The van der Waals surface area contributed by atoms with E-state index in [-0.39, 0.29) is 22.4 Å². The number of carbonyl (C=O) groups is 1. The molecule has 0 radical (unpaired) electrons. The van der Waals surface area contributed by atoms with Crippen LogP contribution in [0.15, 0.2) is 82.1 Å². The number of ether oxygens (including phenoxy) is 2. The Hall–Kier alpha value is -4.38. The molecule has 0 bridgehead atoms. The minimum Gasteiger partial charge on any atom is -0.497 e. The maximum Gasteiger partial charge on any atom is 0.322 e. The molecule has 174 valence electrons. The maximum atomic E-state index is 12.6. The molecule has 0 aliphatic rings. The molecule has 2 N–H and O–H groups in total. The van der Waals surface area contributed by atoms with Gasteiger partial charge in [-0.2, -0.15) is 0 Å². The minimum atomic E-state index is -3.80. The van der Waals surface area contributed by atoms with E-state index in [9.17, 15) is 13.2 Å². The number of hydrogen-bond acceptors (Lipinski definition) is 8. The van der Waals surface area contributed by atoms with Crippen LogP contribution in [-0.2, 0) is 10.0 Å². The predicted octanol–water partition coefficient (Wildman–Crippen LogP) is 3.81. The van der Waals surface area contributed by atoms with Gasteiger partial charge in [-0.1, -0.05) is 5.10 Å². The normalized spacial score (nSPS) is 11.0. The van der Waals surface area contributed by atoms with Crippen molar-refractivity contribution in [3.8, 4) is 23.0 Å². The van der Waals surface area contributed by atoms with Crippen LogP contribution in [0, 0.1) is 0 Å². The standard InChI is InChI=1S/C23H20N4O6S/c1-31-18-9-5-16(6-10-18)22-25-26-23(33-22)24-21(28)15-3-7-17(8-4-15)27-34(29,30)20-13-11-19(32-2)12-14-20/h3-14,27H,1-2H3,(H,24,26,28). The van der Waals surface area contributed by atoms with Crippen LogP contribution >= 0.6 is 0 Å². The molecular formula is C23H20N4O6S. The first kappa shape index (κ1) is 22.8. The number of methoxy groups -OCH3 is 2. The number of rotatable bonds is 8. The van der Waals surface area contributed by atoms with Gasteiger partial charge in [0.05, 0.1) is 19.1 Å². The van der Waals surface area contributed by atoms with Gasteiger partial charge in [0.15, 0.2) is 0 Å². The lowest BCUT2D eigenvalue weighted by Crippen LogP contribution is -2.14. The Bertz CT molecular complexity index is 1380. The number of aromatic nitrogens is 2. The van der Waals surface area contributed by atoms with Crippen molar-refractivity contribution in [3.05, 3.63) is 78.4 Å². The van der Waals surface area contributed by atoms with E-state index in [4.69, 9.17) is 13.9 Å². The maximum absolute atomic E-state index is 12.6. The van der Waals surface area contributed by atoms with Gasteiger partial charge in [-0.15, -0.1) is 5.10 Å². The molecule has 0 aliphatic heterocycles. The van der Waals surface area contributed by atoms with Gasteiger partial charge in [-0.25, -0.2) is 8.42 Å². The van der Waals surface area contributed by atoms with E-state index in [0.717, 1.165) is 0 Å². The number of benzene rings is 3. The minimum absolute atomic E-state index is 0.0693. The monoisotopic (exact) mass is 480 g/mol. The lowest BCUT2D eigenvalue weighted by molar-refractivity contribution is 0.102. The average Bonchev–Trinajstić information content (AvgIpc) is 3.32. The molecule has 10 nitrogen and oxygen atoms in total. The van der Waals surface area contributed by atoms with Crippen LogP contribution in [0.3, 0.4) is 0 Å². The van der Waals surface area contributed by atoms with Crippen LogP contribution in [0.2, 0.25) is 0 Å². The molecule has 3 aromatic carbocycles. The van der Waals surface area contributed by atoms with Crippen LogP contribution in [0.4, 0.5) is 11.7 Å². The van der Waals surface area contributed by atoms with Gasteiger partial charge in [0.1, 0.15) is 11.5 Å².